The Kier molecular flexibility index (Phi) is 5.61. The van der Waals surface area contributed by atoms with Crippen molar-refractivity contribution in [1.82, 2.24) is 0 Å². The second-order valence-corrected chi connectivity index (χ2v) is 5.64. The predicted octanol–water partition coefficient (Wildman–Crippen LogP) is 3.46. The average Bonchev–Trinajstić information content (AvgIpc) is 2.73. The van der Waals surface area contributed by atoms with Gasteiger partial charge in [-0.1, -0.05) is 40.6 Å². The summed E-state index contributed by atoms with van der Waals surface area (Å²) in [5.74, 6) is 1.69. The van der Waals surface area contributed by atoms with Crippen molar-refractivity contribution in [2.45, 2.75) is 0 Å². The highest BCUT2D eigenvalue weighted by atomic mass is 16.5. The molecule has 3 rings (SSSR count). The normalized spacial score (nSPS) is 11.9. The molecule has 0 bridgehead atoms. The van der Waals surface area contributed by atoms with E-state index in [0.717, 1.165) is 0 Å². The Labute approximate surface area is 160 Å². The highest BCUT2D eigenvalue weighted by Gasteiger charge is 2.11. The van der Waals surface area contributed by atoms with E-state index in [2.05, 4.69) is 10.3 Å². The lowest BCUT2D eigenvalue weighted by Crippen LogP contribution is -2.14. The van der Waals surface area contributed by atoms with Crippen LogP contribution in [0.5, 0.6) is 23.0 Å². The van der Waals surface area contributed by atoms with Crippen molar-refractivity contribution in [3.63, 3.8) is 0 Å². The molecule has 0 fully saturated rings. The molecule has 8 heteroatoms. The van der Waals surface area contributed by atoms with Crippen LogP contribution < -0.4 is 20.9 Å². The third kappa shape index (κ3) is 4.13. The van der Waals surface area contributed by atoms with Crippen molar-refractivity contribution >= 4 is 11.7 Å². The van der Waals surface area contributed by atoms with Crippen LogP contribution in [0.25, 0.3) is 0 Å². The van der Waals surface area contributed by atoms with Crippen LogP contribution in [-0.4, -0.2) is 22.1 Å². The molecule has 0 aliphatic carbocycles. The molecule has 6 N–H and O–H groups in total. The summed E-state index contributed by atoms with van der Waals surface area (Å²) in [6.45, 7) is 0. The molecular weight excluding hydrogens is 360 g/mol. The summed E-state index contributed by atoms with van der Waals surface area (Å²) in [6.07, 6.45) is 0. The molecule has 8 nitrogen and oxygen atoms in total. The van der Waals surface area contributed by atoms with Crippen molar-refractivity contribution in [3.8, 4) is 23.0 Å². The van der Waals surface area contributed by atoms with Gasteiger partial charge in [-0.05, 0) is 36.4 Å². The fourth-order valence-corrected chi connectivity index (χ4v) is 2.50. The largest absolute Gasteiger partial charge is 0.456 e. The Morgan fingerprint density at radius 3 is 1.50 bits per heavy atom. The first-order valence-corrected chi connectivity index (χ1v) is 8.22. The van der Waals surface area contributed by atoms with Crippen LogP contribution in [0, 0.1) is 0 Å². The number of oxime groups is 2. The fourth-order valence-electron chi connectivity index (χ4n) is 2.50. The molecule has 0 heterocycles. The molecule has 0 atom stereocenters. The highest BCUT2D eigenvalue weighted by Crippen LogP contribution is 2.31. The van der Waals surface area contributed by atoms with Crippen molar-refractivity contribution in [1.29, 1.82) is 0 Å². The van der Waals surface area contributed by atoms with Gasteiger partial charge in [0.25, 0.3) is 0 Å². The molecule has 0 radical (unpaired) electrons. The first kappa shape index (κ1) is 18.6. The maximum Gasteiger partial charge on any atom is 0.173 e. The standard InChI is InChI=1S/C20H18N4O4/c21-19(23-25)15-8-1-3-10-17(15)27-13-6-5-7-14(12-13)28-18-11-4-2-9-16(18)20(22)24-26/h1-12,25-26H,(H2,21,23)(H2,22,24). The molecule has 3 aromatic carbocycles. The summed E-state index contributed by atoms with van der Waals surface area (Å²) in [5, 5.41) is 23.9. The molecule has 28 heavy (non-hydrogen) atoms. The number of ether oxygens (including phenoxy) is 2. The Morgan fingerprint density at radius 2 is 1.07 bits per heavy atom. The van der Waals surface area contributed by atoms with E-state index in [1.165, 1.54) is 0 Å². The van der Waals surface area contributed by atoms with Crippen LogP contribution in [0.15, 0.2) is 83.1 Å². The fraction of sp³-hybridized carbons (Fsp3) is 0. The number of para-hydroxylation sites is 2. The van der Waals surface area contributed by atoms with E-state index in [9.17, 15) is 0 Å². The third-order valence-corrected chi connectivity index (χ3v) is 3.80. The minimum atomic E-state index is -0.0595. The lowest BCUT2D eigenvalue weighted by atomic mass is 10.2. The van der Waals surface area contributed by atoms with Crippen LogP contribution in [0.3, 0.4) is 0 Å². The lowest BCUT2D eigenvalue weighted by Gasteiger charge is -2.13. The Balaban J connectivity index is 1.87. The monoisotopic (exact) mass is 378 g/mol. The molecular formula is C20H18N4O4. The van der Waals surface area contributed by atoms with Gasteiger partial charge < -0.3 is 31.4 Å². The Hall–Kier alpha value is -4.20. The summed E-state index contributed by atoms with van der Waals surface area (Å²) in [4.78, 5) is 0. The van der Waals surface area contributed by atoms with Gasteiger partial charge in [-0.3, -0.25) is 0 Å². The third-order valence-electron chi connectivity index (χ3n) is 3.80. The lowest BCUT2D eigenvalue weighted by molar-refractivity contribution is 0.318. The molecule has 0 aliphatic rings. The summed E-state index contributed by atoms with van der Waals surface area (Å²) >= 11 is 0. The van der Waals surface area contributed by atoms with Gasteiger partial charge in [0.15, 0.2) is 11.7 Å². The van der Waals surface area contributed by atoms with Gasteiger partial charge in [-0.25, -0.2) is 0 Å². The number of nitrogens with two attached hydrogens (primary N) is 2. The second-order valence-electron chi connectivity index (χ2n) is 5.64. The summed E-state index contributed by atoms with van der Waals surface area (Å²) < 4.78 is 11.7. The molecule has 0 amide bonds. The first-order valence-electron chi connectivity index (χ1n) is 8.22. The van der Waals surface area contributed by atoms with E-state index in [0.29, 0.717) is 34.1 Å². The van der Waals surface area contributed by atoms with E-state index >= 15 is 0 Å². The zero-order chi connectivity index (χ0) is 19.9. The zero-order valence-corrected chi connectivity index (χ0v) is 14.7. The number of benzene rings is 3. The first-order chi connectivity index (χ1) is 13.6. The number of nitrogens with zero attached hydrogens (tertiary/aromatic N) is 2. The summed E-state index contributed by atoms with van der Waals surface area (Å²) in [5.41, 5.74) is 12.3. The summed E-state index contributed by atoms with van der Waals surface area (Å²) in [6, 6.07) is 20.7. The average molecular weight is 378 g/mol. The van der Waals surface area contributed by atoms with Gasteiger partial charge in [0, 0.05) is 6.07 Å². The van der Waals surface area contributed by atoms with Gasteiger partial charge in [-0.2, -0.15) is 0 Å². The van der Waals surface area contributed by atoms with Crippen molar-refractivity contribution in [3.05, 3.63) is 83.9 Å². The quantitative estimate of drug-likeness (QED) is 0.224. The smallest absolute Gasteiger partial charge is 0.173 e. The molecule has 0 aromatic heterocycles. The molecule has 3 aromatic rings. The van der Waals surface area contributed by atoms with Crippen molar-refractivity contribution in [2.24, 2.45) is 21.8 Å². The number of rotatable bonds is 6. The van der Waals surface area contributed by atoms with Gasteiger partial charge in [-0.15, -0.1) is 0 Å². The predicted molar refractivity (Wildman–Crippen MR) is 104 cm³/mol. The highest BCUT2D eigenvalue weighted by molar-refractivity contribution is 6.00. The van der Waals surface area contributed by atoms with Crippen LogP contribution in [-0.2, 0) is 0 Å². The van der Waals surface area contributed by atoms with E-state index < -0.39 is 0 Å². The molecule has 142 valence electrons. The van der Waals surface area contributed by atoms with Gasteiger partial charge in [0.2, 0.25) is 0 Å². The van der Waals surface area contributed by atoms with Gasteiger partial charge in [0.1, 0.15) is 23.0 Å². The van der Waals surface area contributed by atoms with E-state index in [4.69, 9.17) is 31.4 Å². The number of amidine groups is 2. The van der Waals surface area contributed by atoms with Gasteiger partial charge >= 0.3 is 0 Å². The molecule has 0 unspecified atom stereocenters. The molecule has 0 spiro atoms. The zero-order valence-electron chi connectivity index (χ0n) is 14.7. The van der Waals surface area contributed by atoms with Crippen LogP contribution in [0.2, 0.25) is 0 Å². The van der Waals surface area contributed by atoms with Gasteiger partial charge in [0.05, 0.1) is 11.1 Å². The van der Waals surface area contributed by atoms with Crippen LogP contribution in [0.4, 0.5) is 0 Å². The van der Waals surface area contributed by atoms with Crippen molar-refractivity contribution < 1.29 is 19.9 Å². The number of hydrogen-bond acceptors (Lipinski definition) is 6. The Bertz CT molecular complexity index is 955. The van der Waals surface area contributed by atoms with E-state index in [-0.39, 0.29) is 11.7 Å². The van der Waals surface area contributed by atoms with E-state index in [1.54, 1.807) is 72.8 Å². The minimum absolute atomic E-state index is 0.0595. The van der Waals surface area contributed by atoms with E-state index in [1.807, 2.05) is 0 Å². The molecule has 0 saturated heterocycles. The summed E-state index contributed by atoms with van der Waals surface area (Å²) in [7, 11) is 0. The van der Waals surface area contributed by atoms with Crippen LogP contribution in [0.1, 0.15) is 11.1 Å². The molecule has 0 aliphatic heterocycles. The maximum atomic E-state index is 8.93. The molecule has 0 saturated carbocycles. The second kappa shape index (κ2) is 8.45. The topological polar surface area (TPSA) is 136 Å². The van der Waals surface area contributed by atoms with Crippen LogP contribution >= 0.6 is 0 Å². The Morgan fingerprint density at radius 1 is 0.643 bits per heavy atom. The minimum Gasteiger partial charge on any atom is -0.456 e. The SMILES string of the molecule is N/C(=N\O)c1ccccc1Oc1cccc(Oc2ccccc2/C(N)=N/O)c1. The van der Waals surface area contributed by atoms with Crippen molar-refractivity contribution in [2.75, 3.05) is 0 Å². The number of hydrogen-bond donors (Lipinski definition) is 4. The maximum absolute atomic E-state index is 8.93.